The van der Waals surface area contributed by atoms with Gasteiger partial charge in [0.15, 0.2) is 0 Å². The number of aromatic nitrogens is 1. The molecule has 2 N–H and O–H groups in total. The molecule has 26 heavy (non-hydrogen) atoms. The lowest BCUT2D eigenvalue weighted by atomic mass is 9.60. The van der Waals surface area contributed by atoms with Crippen LogP contribution in [0.15, 0.2) is 24.4 Å². The van der Waals surface area contributed by atoms with Crippen molar-refractivity contribution in [3.63, 3.8) is 0 Å². The molecule has 0 unspecified atom stereocenters. The van der Waals surface area contributed by atoms with Crippen LogP contribution in [-0.2, 0) is 4.74 Å². The van der Waals surface area contributed by atoms with Crippen LogP contribution >= 0.6 is 0 Å². The molecule has 0 aliphatic heterocycles. The van der Waals surface area contributed by atoms with Gasteiger partial charge in [0.2, 0.25) is 0 Å². The summed E-state index contributed by atoms with van der Waals surface area (Å²) >= 11 is 0. The van der Waals surface area contributed by atoms with Gasteiger partial charge in [-0.3, -0.25) is 14.9 Å². The first-order chi connectivity index (χ1) is 12.6. The standard InChI is InChI=1S/C19H23N3O4/c1-2-26-16-10-15(19(16)8-3-4-9-19)21-18(23)12-11-20-13-6-5-7-14(17(12)13)22(24)25/h5-7,11,15-16,20H,2-4,8-10H2,1H3,(H,21,23)/t15-,16+/m0/s1. The normalized spacial score (nSPS) is 23.9. The Morgan fingerprint density at radius 3 is 2.88 bits per heavy atom. The van der Waals surface area contributed by atoms with Crippen LogP contribution in [0, 0.1) is 15.5 Å². The van der Waals surface area contributed by atoms with Crippen LogP contribution in [0.4, 0.5) is 5.69 Å². The van der Waals surface area contributed by atoms with Crippen LogP contribution in [0.5, 0.6) is 0 Å². The van der Waals surface area contributed by atoms with Crippen LogP contribution in [-0.4, -0.2) is 34.6 Å². The average molecular weight is 357 g/mol. The number of fused-ring (bicyclic) bond motifs is 1. The van der Waals surface area contributed by atoms with E-state index in [1.165, 1.54) is 6.07 Å². The molecule has 7 nitrogen and oxygen atoms in total. The minimum atomic E-state index is -0.445. The summed E-state index contributed by atoms with van der Waals surface area (Å²) in [6.07, 6.45) is 7.03. The Kier molecular flexibility index (Phi) is 4.19. The number of ether oxygens (including phenoxy) is 1. The van der Waals surface area contributed by atoms with Gasteiger partial charge < -0.3 is 15.0 Å². The molecule has 138 valence electrons. The van der Waals surface area contributed by atoms with Crippen LogP contribution in [0.2, 0.25) is 0 Å². The van der Waals surface area contributed by atoms with Gasteiger partial charge in [-0.15, -0.1) is 0 Å². The predicted molar refractivity (Wildman–Crippen MR) is 97.1 cm³/mol. The van der Waals surface area contributed by atoms with Gasteiger partial charge in [0.1, 0.15) is 0 Å². The summed E-state index contributed by atoms with van der Waals surface area (Å²) in [4.78, 5) is 26.8. The Bertz CT molecular complexity index is 854. The average Bonchev–Trinajstić information content (AvgIpc) is 3.29. The molecule has 2 fully saturated rings. The van der Waals surface area contributed by atoms with Crippen molar-refractivity contribution in [1.82, 2.24) is 10.3 Å². The molecule has 1 aromatic heterocycles. The first-order valence-corrected chi connectivity index (χ1v) is 9.24. The number of nitrogens with zero attached hydrogens (tertiary/aromatic N) is 1. The lowest BCUT2D eigenvalue weighted by Crippen LogP contribution is -2.63. The molecule has 2 atom stereocenters. The first kappa shape index (κ1) is 17.0. The highest BCUT2D eigenvalue weighted by Crippen LogP contribution is 2.54. The minimum absolute atomic E-state index is 0.0315. The molecular formula is C19H23N3O4. The molecule has 2 aromatic rings. The molecule has 2 aliphatic carbocycles. The predicted octanol–water partition coefficient (Wildman–Crippen LogP) is 3.54. The van der Waals surface area contributed by atoms with Gasteiger partial charge in [0, 0.05) is 30.3 Å². The van der Waals surface area contributed by atoms with Crippen LogP contribution in [0.25, 0.3) is 10.9 Å². The monoisotopic (exact) mass is 357 g/mol. The van der Waals surface area contributed by atoms with Gasteiger partial charge in [0.25, 0.3) is 11.6 Å². The van der Waals surface area contributed by atoms with Crippen molar-refractivity contribution < 1.29 is 14.5 Å². The largest absolute Gasteiger partial charge is 0.378 e. The second kappa shape index (κ2) is 6.39. The third-order valence-corrected chi connectivity index (χ3v) is 6.12. The molecule has 2 saturated carbocycles. The number of non-ortho nitro benzene ring substituents is 1. The van der Waals surface area contributed by atoms with Gasteiger partial charge in [-0.2, -0.15) is 0 Å². The van der Waals surface area contributed by atoms with E-state index in [1.807, 2.05) is 6.92 Å². The molecule has 0 saturated heterocycles. The SMILES string of the molecule is CCO[C@@H]1C[C@H](NC(=O)c2c[nH]c3cccc([N+](=O)[O-])c23)C12CCCC2. The number of aromatic amines is 1. The number of amides is 1. The number of hydrogen-bond donors (Lipinski definition) is 2. The molecular weight excluding hydrogens is 334 g/mol. The summed E-state index contributed by atoms with van der Waals surface area (Å²) in [6.45, 7) is 2.68. The minimum Gasteiger partial charge on any atom is -0.378 e. The van der Waals surface area contributed by atoms with Crippen molar-refractivity contribution in [1.29, 1.82) is 0 Å². The maximum atomic E-state index is 12.9. The molecule has 2 aliphatic rings. The summed E-state index contributed by atoms with van der Waals surface area (Å²) in [5.74, 6) is -0.253. The number of benzene rings is 1. The van der Waals surface area contributed by atoms with Crippen molar-refractivity contribution in [2.45, 2.75) is 51.2 Å². The van der Waals surface area contributed by atoms with Gasteiger partial charge >= 0.3 is 0 Å². The summed E-state index contributed by atoms with van der Waals surface area (Å²) < 4.78 is 5.89. The van der Waals surface area contributed by atoms with E-state index in [9.17, 15) is 14.9 Å². The van der Waals surface area contributed by atoms with E-state index < -0.39 is 4.92 Å². The number of nitro benzene ring substituents is 1. The zero-order chi connectivity index (χ0) is 18.3. The third-order valence-electron chi connectivity index (χ3n) is 6.12. The van der Waals surface area contributed by atoms with Crippen LogP contribution < -0.4 is 5.32 Å². The van der Waals surface area contributed by atoms with E-state index in [-0.39, 0.29) is 29.2 Å². The van der Waals surface area contributed by atoms with Crippen molar-refractivity contribution in [2.24, 2.45) is 5.41 Å². The lowest BCUT2D eigenvalue weighted by molar-refractivity contribution is -0.383. The second-order valence-electron chi connectivity index (χ2n) is 7.31. The maximum Gasteiger partial charge on any atom is 0.279 e. The molecule has 0 bridgehead atoms. The smallest absolute Gasteiger partial charge is 0.279 e. The lowest BCUT2D eigenvalue weighted by Gasteiger charge is -2.54. The highest BCUT2D eigenvalue weighted by molar-refractivity contribution is 6.10. The fourth-order valence-corrected chi connectivity index (χ4v) is 4.82. The van der Waals surface area contributed by atoms with E-state index >= 15 is 0 Å². The molecule has 1 spiro atoms. The zero-order valence-corrected chi connectivity index (χ0v) is 14.8. The Morgan fingerprint density at radius 1 is 1.42 bits per heavy atom. The quantitative estimate of drug-likeness (QED) is 0.632. The van der Waals surface area contributed by atoms with Crippen molar-refractivity contribution in [3.05, 3.63) is 40.1 Å². The van der Waals surface area contributed by atoms with E-state index in [0.717, 1.165) is 32.1 Å². The van der Waals surface area contributed by atoms with E-state index in [1.54, 1.807) is 18.3 Å². The van der Waals surface area contributed by atoms with Gasteiger partial charge in [-0.1, -0.05) is 18.9 Å². The van der Waals surface area contributed by atoms with Crippen molar-refractivity contribution in [2.75, 3.05) is 6.61 Å². The second-order valence-corrected chi connectivity index (χ2v) is 7.31. The summed E-state index contributed by atoms with van der Waals surface area (Å²) in [5, 5.41) is 14.8. The number of nitro groups is 1. The summed E-state index contributed by atoms with van der Waals surface area (Å²) in [7, 11) is 0. The fourth-order valence-electron chi connectivity index (χ4n) is 4.82. The van der Waals surface area contributed by atoms with Gasteiger partial charge in [-0.05, 0) is 32.3 Å². The number of rotatable bonds is 5. The molecule has 4 rings (SSSR count). The van der Waals surface area contributed by atoms with E-state index in [0.29, 0.717) is 23.1 Å². The molecule has 1 aromatic carbocycles. The number of carbonyl (C=O) groups excluding carboxylic acids is 1. The van der Waals surface area contributed by atoms with E-state index in [4.69, 9.17) is 4.74 Å². The van der Waals surface area contributed by atoms with E-state index in [2.05, 4.69) is 10.3 Å². The molecule has 1 heterocycles. The third kappa shape index (κ3) is 2.49. The van der Waals surface area contributed by atoms with Gasteiger partial charge in [0.05, 0.1) is 27.5 Å². The fraction of sp³-hybridized carbons (Fsp3) is 0.526. The van der Waals surface area contributed by atoms with Crippen molar-refractivity contribution in [3.8, 4) is 0 Å². The highest BCUT2D eigenvalue weighted by atomic mass is 16.6. The van der Waals surface area contributed by atoms with Crippen LogP contribution in [0.1, 0.15) is 49.4 Å². The molecule has 0 radical (unpaired) electrons. The number of hydrogen-bond acceptors (Lipinski definition) is 4. The summed E-state index contributed by atoms with van der Waals surface area (Å²) in [5.41, 5.74) is 0.912. The Hall–Kier alpha value is -2.41. The zero-order valence-electron chi connectivity index (χ0n) is 14.8. The molecule has 1 amide bonds. The number of carbonyl (C=O) groups is 1. The Labute approximate surface area is 151 Å². The first-order valence-electron chi connectivity index (χ1n) is 9.24. The topological polar surface area (TPSA) is 97.3 Å². The Balaban J connectivity index is 1.60. The summed E-state index contributed by atoms with van der Waals surface area (Å²) in [6, 6.07) is 4.86. The van der Waals surface area contributed by atoms with Gasteiger partial charge in [-0.25, -0.2) is 0 Å². The van der Waals surface area contributed by atoms with Crippen LogP contribution in [0.3, 0.4) is 0 Å². The highest BCUT2D eigenvalue weighted by Gasteiger charge is 2.57. The number of nitrogens with one attached hydrogen (secondary N) is 2. The molecule has 7 heteroatoms. The Morgan fingerprint density at radius 2 is 2.19 bits per heavy atom. The maximum absolute atomic E-state index is 12.9. The number of H-pyrrole nitrogens is 1. The van der Waals surface area contributed by atoms with Crippen molar-refractivity contribution >= 4 is 22.5 Å².